The van der Waals surface area contributed by atoms with Crippen molar-refractivity contribution in [3.8, 4) is 11.3 Å². The number of rotatable bonds is 2. The maximum Gasteiger partial charge on any atom is 0.0887 e. The molecule has 2 N–H and O–H groups in total. The van der Waals surface area contributed by atoms with Crippen LogP contribution < -0.4 is 5.36 Å². The van der Waals surface area contributed by atoms with Crippen LogP contribution in [0.4, 0.5) is 0 Å². The molecule has 4 nitrogen and oxygen atoms in total. The largest absolute Gasteiger partial charge is 0.428 e. The summed E-state index contributed by atoms with van der Waals surface area (Å²) in [7, 11) is 2.26. The number of fused-ring (bicyclic) bond motifs is 3. The quantitative estimate of drug-likeness (QED) is 0.838. The van der Waals surface area contributed by atoms with Gasteiger partial charge in [0.15, 0.2) is 0 Å². The smallest absolute Gasteiger partial charge is 0.0887 e. The van der Waals surface area contributed by atoms with E-state index in [4.69, 9.17) is 5.41 Å². The van der Waals surface area contributed by atoms with Gasteiger partial charge in [-0.2, -0.15) is 4.73 Å². The summed E-state index contributed by atoms with van der Waals surface area (Å²) in [6.07, 6.45) is 6.71. The Morgan fingerprint density at radius 2 is 1.91 bits per heavy atom. The van der Waals surface area contributed by atoms with Gasteiger partial charge in [0.2, 0.25) is 0 Å². The molecule has 2 atom stereocenters. The summed E-state index contributed by atoms with van der Waals surface area (Å²) in [5.41, 5.74) is 1.51. The van der Waals surface area contributed by atoms with E-state index in [1.807, 2.05) is 30.0 Å². The van der Waals surface area contributed by atoms with E-state index in [1.54, 1.807) is 12.3 Å². The normalized spacial score (nSPS) is 28.3. The Labute approximate surface area is 134 Å². The molecule has 1 aliphatic carbocycles. The van der Waals surface area contributed by atoms with Gasteiger partial charge in [-0.3, -0.25) is 5.41 Å². The van der Waals surface area contributed by atoms with Gasteiger partial charge in [-0.1, -0.05) is 0 Å². The molecule has 0 aromatic rings. The molecule has 2 unspecified atom stereocenters. The maximum atomic E-state index is 9.84. The van der Waals surface area contributed by atoms with Crippen molar-refractivity contribution in [3.63, 3.8) is 0 Å². The molecule has 2 fully saturated rings. The fourth-order valence-corrected chi connectivity index (χ4v) is 5.36. The number of nitrogens with zero attached hydrogens (tertiary/aromatic N) is 2. The SMILES string of the molecule is CN1C2CCC1CC(Sc1ccc3n(O)cccc-3c1=N)C2. The second-order valence-electron chi connectivity index (χ2n) is 6.49. The van der Waals surface area contributed by atoms with Crippen LogP contribution in [0, 0.1) is 5.41 Å². The summed E-state index contributed by atoms with van der Waals surface area (Å²) in [5.74, 6) is 0. The Hall–Kier alpha value is -1.46. The zero-order valence-electron chi connectivity index (χ0n) is 12.7. The van der Waals surface area contributed by atoms with Gasteiger partial charge in [0, 0.05) is 34.0 Å². The van der Waals surface area contributed by atoms with Crippen molar-refractivity contribution >= 4 is 11.8 Å². The molecule has 3 aliphatic heterocycles. The van der Waals surface area contributed by atoms with Crippen molar-refractivity contribution < 1.29 is 5.21 Å². The molecule has 0 aromatic heterocycles. The van der Waals surface area contributed by atoms with E-state index < -0.39 is 0 Å². The van der Waals surface area contributed by atoms with Gasteiger partial charge in [0.25, 0.3) is 0 Å². The molecule has 5 heteroatoms. The fraction of sp³-hybridized carbons (Fsp3) is 0.471. The van der Waals surface area contributed by atoms with E-state index in [-0.39, 0.29) is 0 Å². The lowest BCUT2D eigenvalue weighted by atomic mass is 10.0. The molecule has 4 rings (SSSR count). The number of pyridine rings is 1. The summed E-state index contributed by atoms with van der Waals surface area (Å²) in [5, 5.41) is 19.4. The predicted octanol–water partition coefficient (Wildman–Crippen LogP) is 3.03. The van der Waals surface area contributed by atoms with E-state index >= 15 is 0 Å². The summed E-state index contributed by atoms with van der Waals surface area (Å²) >= 11 is 1.86. The molecule has 116 valence electrons. The number of nitrogens with one attached hydrogen (secondary N) is 1. The first kappa shape index (κ1) is 14.2. The van der Waals surface area contributed by atoms with Gasteiger partial charge in [0.05, 0.1) is 11.1 Å². The van der Waals surface area contributed by atoms with Crippen molar-refractivity contribution in [1.82, 2.24) is 9.63 Å². The Balaban J connectivity index is 1.62. The molecule has 4 aliphatic rings. The number of hydrogen-bond acceptors (Lipinski definition) is 4. The molecule has 22 heavy (non-hydrogen) atoms. The summed E-state index contributed by atoms with van der Waals surface area (Å²) < 4.78 is 1.09. The monoisotopic (exact) mass is 315 g/mol. The zero-order valence-corrected chi connectivity index (χ0v) is 13.5. The van der Waals surface area contributed by atoms with Crippen LogP contribution in [0.3, 0.4) is 0 Å². The molecule has 0 aromatic carbocycles. The molecule has 0 spiro atoms. The lowest BCUT2D eigenvalue weighted by molar-refractivity contribution is 0.183. The first-order chi connectivity index (χ1) is 10.6. The van der Waals surface area contributed by atoms with E-state index in [0.717, 1.165) is 27.3 Å². The average molecular weight is 315 g/mol. The number of hydrogen-bond donors (Lipinski definition) is 2. The van der Waals surface area contributed by atoms with Gasteiger partial charge >= 0.3 is 0 Å². The fourth-order valence-electron chi connectivity index (χ4n) is 3.99. The van der Waals surface area contributed by atoms with Crippen LogP contribution in [-0.2, 0) is 0 Å². The minimum Gasteiger partial charge on any atom is -0.428 e. The molecule has 2 saturated heterocycles. The highest BCUT2D eigenvalue weighted by Crippen LogP contribution is 2.41. The van der Waals surface area contributed by atoms with Gasteiger partial charge < -0.3 is 10.1 Å². The molecule has 0 radical (unpaired) electrons. The van der Waals surface area contributed by atoms with Crippen LogP contribution in [0.1, 0.15) is 25.7 Å². The molecule has 0 saturated carbocycles. The minimum atomic E-state index is 0.539. The van der Waals surface area contributed by atoms with E-state index in [0.29, 0.717) is 16.3 Å². The molecule has 3 heterocycles. The standard InChI is InChI=1S/C17H21N3OS/c1-19-11-4-5-12(19)10-13(9-11)22-16-7-6-15-14(17(16)18)3-2-8-20(15)21/h2-3,6-8,11-13,18,21H,4-5,9-10H2,1H3. The lowest BCUT2D eigenvalue weighted by Gasteiger charge is -2.36. The minimum absolute atomic E-state index is 0.539. The van der Waals surface area contributed by atoms with Crippen molar-refractivity contribution in [2.24, 2.45) is 0 Å². The molecular formula is C17H21N3OS. The lowest BCUT2D eigenvalue weighted by Crippen LogP contribution is -2.41. The van der Waals surface area contributed by atoms with E-state index in [1.165, 1.54) is 25.7 Å². The van der Waals surface area contributed by atoms with Crippen LogP contribution >= 0.6 is 11.8 Å². The van der Waals surface area contributed by atoms with Gasteiger partial charge in [-0.05, 0) is 57.0 Å². The van der Waals surface area contributed by atoms with Crippen LogP contribution in [0.2, 0.25) is 0 Å². The Morgan fingerprint density at radius 1 is 1.18 bits per heavy atom. The third kappa shape index (κ3) is 2.23. The van der Waals surface area contributed by atoms with E-state index in [9.17, 15) is 5.21 Å². The first-order valence-electron chi connectivity index (χ1n) is 7.90. The number of benzene rings is 1. The zero-order chi connectivity index (χ0) is 15.3. The second kappa shape index (κ2) is 5.32. The van der Waals surface area contributed by atoms with Crippen LogP contribution in [0.15, 0.2) is 35.4 Å². The summed E-state index contributed by atoms with van der Waals surface area (Å²) in [4.78, 5) is 3.58. The van der Waals surface area contributed by atoms with E-state index in [2.05, 4.69) is 11.9 Å². The highest BCUT2D eigenvalue weighted by Gasteiger charge is 2.38. The Morgan fingerprint density at radius 3 is 2.64 bits per heavy atom. The van der Waals surface area contributed by atoms with Crippen LogP contribution in [-0.4, -0.2) is 39.2 Å². The van der Waals surface area contributed by atoms with Gasteiger partial charge in [-0.15, -0.1) is 11.8 Å². The topological polar surface area (TPSA) is 52.2 Å². The highest BCUT2D eigenvalue weighted by atomic mass is 32.2. The first-order valence-corrected chi connectivity index (χ1v) is 8.78. The van der Waals surface area contributed by atoms with Crippen molar-refractivity contribution in [2.45, 2.75) is 47.9 Å². The second-order valence-corrected chi connectivity index (χ2v) is 7.83. The molecular weight excluding hydrogens is 294 g/mol. The summed E-state index contributed by atoms with van der Waals surface area (Å²) in [6, 6.07) is 9.05. The Kier molecular flexibility index (Phi) is 3.42. The summed E-state index contributed by atoms with van der Waals surface area (Å²) in [6.45, 7) is 0. The maximum absolute atomic E-state index is 9.84. The van der Waals surface area contributed by atoms with Crippen LogP contribution in [0.25, 0.3) is 11.3 Å². The Bertz CT molecular complexity index is 714. The molecule has 2 bridgehead atoms. The number of piperidine rings is 1. The average Bonchev–Trinajstić information content (AvgIpc) is 2.73. The number of aromatic nitrogens is 1. The number of thioether (sulfide) groups is 1. The van der Waals surface area contributed by atoms with Gasteiger partial charge in [-0.25, -0.2) is 0 Å². The molecule has 0 amide bonds. The van der Waals surface area contributed by atoms with Crippen LogP contribution in [0.5, 0.6) is 0 Å². The third-order valence-corrected chi connectivity index (χ3v) is 6.58. The predicted molar refractivity (Wildman–Crippen MR) is 87.5 cm³/mol. The highest BCUT2D eigenvalue weighted by molar-refractivity contribution is 8.00. The van der Waals surface area contributed by atoms with Crippen molar-refractivity contribution in [3.05, 3.63) is 35.8 Å². The van der Waals surface area contributed by atoms with Crippen molar-refractivity contribution in [1.29, 1.82) is 5.41 Å². The van der Waals surface area contributed by atoms with Gasteiger partial charge in [0.1, 0.15) is 0 Å². The van der Waals surface area contributed by atoms with Crippen molar-refractivity contribution in [2.75, 3.05) is 7.05 Å². The third-order valence-electron chi connectivity index (χ3n) is 5.27.